The minimum atomic E-state index is -0.173. The molecule has 0 aromatic carbocycles. The van der Waals surface area contributed by atoms with Crippen LogP contribution in [0.25, 0.3) is 0 Å². The molecule has 2 N–H and O–H groups in total. The van der Waals surface area contributed by atoms with Gasteiger partial charge in [-0.1, -0.05) is 23.4 Å². The number of thiophene rings is 2. The molecule has 0 radical (unpaired) electrons. The van der Waals surface area contributed by atoms with Crippen molar-refractivity contribution in [2.75, 3.05) is 6.61 Å². The summed E-state index contributed by atoms with van der Waals surface area (Å²) in [5.41, 5.74) is 0.890. The predicted molar refractivity (Wildman–Crippen MR) is 83.4 cm³/mol. The first kappa shape index (κ1) is 15.1. The van der Waals surface area contributed by atoms with Crippen molar-refractivity contribution in [3.8, 4) is 11.8 Å². The molecule has 0 bridgehead atoms. The van der Waals surface area contributed by atoms with E-state index in [0.29, 0.717) is 22.9 Å². The molecule has 0 saturated heterocycles. The average molecular weight is 326 g/mol. The monoisotopic (exact) mass is 325 g/mol. The van der Waals surface area contributed by atoms with Gasteiger partial charge in [0.15, 0.2) is 0 Å². The van der Waals surface area contributed by atoms with E-state index < -0.39 is 0 Å². The number of carbonyl (C=O) groups excluding carboxylic acids is 1. The van der Waals surface area contributed by atoms with Gasteiger partial charge in [0.25, 0.3) is 5.91 Å². The van der Waals surface area contributed by atoms with E-state index in [1.54, 1.807) is 22.8 Å². The van der Waals surface area contributed by atoms with Gasteiger partial charge in [0, 0.05) is 16.9 Å². The number of hydrogen-bond donors (Lipinski definition) is 2. The van der Waals surface area contributed by atoms with Crippen LogP contribution in [0.15, 0.2) is 22.9 Å². The molecule has 0 aliphatic rings. The Bertz CT molecular complexity index is 651. The summed E-state index contributed by atoms with van der Waals surface area (Å²) in [6.07, 6.45) is 0.451. The Morgan fingerprint density at radius 2 is 2.15 bits per heavy atom. The number of aliphatic hydroxyl groups excluding tert-OH is 1. The molecule has 0 unspecified atom stereocenters. The second-order valence-corrected chi connectivity index (χ2v) is 6.14. The summed E-state index contributed by atoms with van der Waals surface area (Å²) in [5, 5.41) is 15.7. The Hall–Kier alpha value is -1.32. The van der Waals surface area contributed by atoms with E-state index in [1.807, 2.05) is 11.4 Å². The van der Waals surface area contributed by atoms with Crippen molar-refractivity contribution in [3.63, 3.8) is 0 Å². The Morgan fingerprint density at radius 1 is 1.35 bits per heavy atom. The van der Waals surface area contributed by atoms with Gasteiger partial charge >= 0.3 is 0 Å². The number of amides is 1. The smallest absolute Gasteiger partial charge is 0.263 e. The summed E-state index contributed by atoms with van der Waals surface area (Å²) in [6.45, 7) is 0.480. The van der Waals surface area contributed by atoms with Gasteiger partial charge < -0.3 is 10.4 Å². The first-order valence-corrected chi connectivity index (χ1v) is 8.03. The summed E-state index contributed by atoms with van der Waals surface area (Å²) >= 11 is 8.78. The largest absolute Gasteiger partial charge is 0.395 e. The van der Waals surface area contributed by atoms with E-state index in [1.165, 1.54) is 11.3 Å². The third kappa shape index (κ3) is 3.84. The van der Waals surface area contributed by atoms with Gasteiger partial charge in [-0.2, -0.15) is 0 Å². The van der Waals surface area contributed by atoms with Crippen LogP contribution in [-0.2, 0) is 6.54 Å². The molecule has 2 aromatic rings. The van der Waals surface area contributed by atoms with Gasteiger partial charge in [0.1, 0.15) is 4.88 Å². The van der Waals surface area contributed by atoms with Gasteiger partial charge in [-0.3, -0.25) is 4.79 Å². The third-order valence-electron chi connectivity index (χ3n) is 2.44. The lowest BCUT2D eigenvalue weighted by atomic mass is 10.2. The molecule has 6 heteroatoms. The number of rotatable bonds is 4. The van der Waals surface area contributed by atoms with Gasteiger partial charge in [-0.15, -0.1) is 22.7 Å². The van der Waals surface area contributed by atoms with Gasteiger partial charge in [0.05, 0.1) is 18.2 Å². The van der Waals surface area contributed by atoms with E-state index in [9.17, 15) is 4.79 Å². The number of aliphatic hydroxyl groups is 1. The first-order valence-electron chi connectivity index (χ1n) is 5.89. The van der Waals surface area contributed by atoms with Crippen LogP contribution in [-0.4, -0.2) is 17.6 Å². The molecule has 1 amide bonds. The quantitative estimate of drug-likeness (QED) is 0.848. The molecule has 0 aliphatic carbocycles. The fraction of sp³-hybridized carbons (Fsp3) is 0.214. The van der Waals surface area contributed by atoms with Crippen LogP contribution in [0, 0.1) is 11.8 Å². The molecule has 20 heavy (non-hydrogen) atoms. The molecule has 2 aromatic heterocycles. The zero-order valence-corrected chi connectivity index (χ0v) is 12.9. The van der Waals surface area contributed by atoms with Gasteiger partial charge in [-0.05, 0) is 22.9 Å². The second-order valence-electron chi connectivity index (χ2n) is 3.81. The maximum atomic E-state index is 11.9. The third-order valence-corrected chi connectivity index (χ3v) is 4.70. The standard InChI is InChI=1S/C14H12ClNO2S2/c15-11-5-8-20-13(11)14(18)16-9-12-10(4-7-19-12)3-1-2-6-17/h4-5,7-8,17H,2,6,9H2,(H,16,18). The van der Waals surface area contributed by atoms with Crippen molar-refractivity contribution in [2.24, 2.45) is 0 Å². The molecule has 0 saturated carbocycles. The predicted octanol–water partition coefficient (Wildman–Crippen LogP) is 3.13. The molecular weight excluding hydrogens is 314 g/mol. The van der Waals surface area contributed by atoms with E-state index in [-0.39, 0.29) is 12.5 Å². The summed E-state index contributed by atoms with van der Waals surface area (Å²) in [4.78, 5) is 13.5. The summed E-state index contributed by atoms with van der Waals surface area (Å²) in [7, 11) is 0. The number of carbonyl (C=O) groups is 1. The lowest BCUT2D eigenvalue weighted by Gasteiger charge is -2.03. The number of hydrogen-bond acceptors (Lipinski definition) is 4. The molecule has 2 rings (SSSR count). The van der Waals surface area contributed by atoms with Crippen molar-refractivity contribution >= 4 is 40.2 Å². The second kappa shape index (κ2) is 7.46. The molecule has 0 fully saturated rings. The van der Waals surface area contributed by atoms with Crippen LogP contribution in [0.2, 0.25) is 5.02 Å². The lowest BCUT2D eigenvalue weighted by molar-refractivity contribution is 0.0955. The lowest BCUT2D eigenvalue weighted by Crippen LogP contribution is -2.21. The van der Waals surface area contributed by atoms with Crippen molar-refractivity contribution < 1.29 is 9.90 Å². The minimum Gasteiger partial charge on any atom is -0.395 e. The topological polar surface area (TPSA) is 49.3 Å². The summed E-state index contributed by atoms with van der Waals surface area (Å²) < 4.78 is 0. The maximum absolute atomic E-state index is 11.9. The van der Waals surface area contributed by atoms with E-state index in [2.05, 4.69) is 17.2 Å². The van der Waals surface area contributed by atoms with E-state index in [0.717, 1.165) is 10.4 Å². The van der Waals surface area contributed by atoms with Crippen molar-refractivity contribution in [3.05, 3.63) is 43.2 Å². The van der Waals surface area contributed by atoms with Crippen LogP contribution >= 0.6 is 34.3 Å². The van der Waals surface area contributed by atoms with Gasteiger partial charge in [-0.25, -0.2) is 0 Å². The Labute approximate surface area is 130 Å². The molecular formula is C14H12ClNO2S2. The molecule has 0 spiro atoms. The summed E-state index contributed by atoms with van der Waals surface area (Å²) in [6, 6.07) is 3.62. The van der Waals surface area contributed by atoms with Crippen molar-refractivity contribution in [1.29, 1.82) is 0 Å². The fourth-order valence-corrected chi connectivity index (χ4v) is 3.33. The average Bonchev–Trinajstić information content (AvgIpc) is 3.05. The number of halogens is 1. The van der Waals surface area contributed by atoms with Gasteiger partial charge in [0.2, 0.25) is 0 Å². The number of nitrogens with one attached hydrogen (secondary N) is 1. The highest BCUT2D eigenvalue weighted by molar-refractivity contribution is 7.12. The fourth-order valence-electron chi connectivity index (χ4n) is 1.50. The SMILES string of the molecule is O=C(NCc1sccc1C#CCCO)c1sccc1Cl. The highest BCUT2D eigenvalue weighted by atomic mass is 35.5. The van der Waals surface area contributed by atoms with Crippen LogP contribution in [0.3, 0.4) is 0 Å². The van der Waals surface area contributed by atoms with Crippen LogP contribution in [0.5, 0.6) is 0 Å². The molecule has 2 heterocycles. The van der Waals surface area contributed by atoms with Crippen molar-refractivity contribution in [2.45, 2.75) is 13.0 Å². The minimum absolute atomic E-state index is 0.0556. The Morgan fingerprint density at radius 3 is 2.85 bits per heavy atom. The molecule has 104 valence electrons. The van der Waals surface area contributed by atoms with E-state index >= 15 is 0 Å². The first-order chi connectivity index (χ1) is 9.72. The highest BCUT2D eigenvalue weighted by Gasteiger charge is 2.12. The maximum Gasteiger partial charge on any atom is 0.263 e. The van der Waals surface area contributed by atoms with Crippen LogP contribution in [0.4, 0.5) is 0 Å². The Balaban J connectivity index is 1.98. The van der Waals surface area contributed by atoms with E-state index in [4.69, 9.17) is 16.7 Å². The van der Waals surface area contributed by atoms with Crippen LogP contribution in [0.1, 0.15) is 26.5 Å². The molecule has 3 nitrogen and oxygen atoms in total. The molecule has 0 atom stereocenters. The zero-order chi connectivity index (χ0) is 14.4. The summed E-state index contributed by atoms with van der Waals surface area (Å²) in [5.74, 6) is 5.69. The normalized spacial score (nSPS) is 9.90. The van der Waals surface area contributed by atoms with Crippen LogP contribution < -0.4 is 5.32 Å². The zero-order valence-electron chi connectivity index (χ0n) is 10.5. The molecule has 0 aliphatic heterocycles. The van der Waals surface area contributed by atoms with Crippen molar-refractivity contribution in [1.82, 2.24) is 5.32 Å². The highest BCUT2D eigenvalue weighted by Crippen LogP contribution is 2.22. The Kier molecular flexibility index (Phi) is 5.62.